The number of fused-ring (bicyclic) bond motifs is 1. The topological polar surface area (TPSA) is 38.9 Å². The van der Waals surface area contributed by atoms with Crippen molar-refractivity contribution in [2.75, 3.05) is 5.73 Å². The standard InChI is InChI=1S/C14H15ClN2S/c1-7-5-8(2)12(10(15)6-7)9-3-4-11-13(9)18-14(16)17-11/h5-6,9H,3-4H2,1-2H3,(H2,16,17). The van der Waals surface area contributed by atoms with Gasteiger partial charge >= 0.3 is 0 Å². The van der Waals surface area contributed by atoms with Crippen LogP contribution in [0.5, 0.6) is 0 Å². The largest absolute Gasteiger partial charge is 0.375 e. The van der Waals surface area contributed by atoms with Crippen molar-refractivity contribution in [3.63, 3.8) is 0 Å². The van der Waals surface area contributed by atoms with Gasteiger partial charge in [0.1, 0.15) is 0 Å². The second-order valence-electron chi connectivity index (χ2n) is 4.93. The molecule has 18 heavy (non-hydrogen) atoms. The van der Waals surface area contributed by atoms with Gasteiger partial charge in [0, 0.05) is 15.8 Å². The van der Waals surface area contributed by atoms with Crippen LogP contribution in [-0.4, -0.2) is 4.98 Å². The summed E-state index contributed by atoms with van der Waals surface area (Å²) in [4.78, 5) is 5.70. The van der Waals surface area contributed by atoms with Gasteiger partial charge in [-0.1, -0.05) is 17.7 Å². The number of anilines is 1. The quantitative estimate of drug-likeness (QED) is 0.854. The van der Waals surface area contributed by atoms with Gasteiger partial charge in [0.05, 0.1) is 5.69 Å². The molecule has 3 rings (SSSR count). The van der Waals surface area contributed by atoms with E-state index in [-0.39, 0.29) is 0 Å². The van der Waals surface area contributed by atoms with Crippen LogP contribution in [0.25, 0.3) is 0 Å². The third-order valence-corrected chi connectivity index (χ3v) is 4.91. The highest BCUT2D eigenvalue weighted by Crippen LogP contribution is 2.45. The number of aryl methyl sites for hydroxylation is 3. The van der Waals surface area contributed by atoms with E-state index in [2.05, 4.69) is 24.9 Å². The van der Waals surface area contributed by atoms with E-state index in [0.717, 1.165) is 17.9 Å². The lowest BCUT2D eigenvalue weighted by Crippen LogP contribution is -1.99. The van der Waals surface area contributed by atoms with Crippen molar-refractivity contribution in [2.24, 2.45) is 0 Å². The summed E-state index contributed by atoms with van der Waals surface area (Å²) in [6.07, 6.45) is 2.11. The van der Waals surface area contributed by atoms with E-state index in [1.807, 2.05) is 6.07 Å². The third kappa shape index (κ3) is 1.82. The number of nitrogens with zero attached hydrogens (tertiary/aromatic N) is 1. The Balaban J connectivity index is 2.12. The van der Waals surface area contributed by atoms with Crippen LogP contribution in [0.4, 0.5) is 5.13 Å². The molecule has 1 aromatic carbocycles. The van der Waals surface area contributed by atoms with E-state index < -0.39 is 0 Å². The third-order valence-electron chi connectivity index (χ3n) is 3.56. The summed E-state index contributed by atoms with van der Waals surface area (Å²) in [6, 6.07) is 4.25. The maximum atomic E-state index is 6.44. The van der Waals surface area contributed by atoms with Gasteiger partial charge < -0.3 is 5.73 Å². The Morgan fingerprint density at radius 2 is 2.17 bits per heavy atom. The van der Waals surface area contributed by atoms with Crippen molar-refractivity contribution in [3.05, 3.63) is 44.4 Å². The summed E-state index contributed by atoms with van der Waals surface area (Å²) < 4.78 is 0. The first kappa shape index (κ1) is 12.0. The van der Waals surface area contributed by atoms with E-state index in [9.17, 15) is 0 Å². The molecule has 4 heteroatoms. The molecule has 0 saturated heterocycles. The molecule has 0 radical (unpaired) electrons. The lowest BCUT2D eigenvalue weighted by molar-refractivity contribution is 0.785. The Kier molecular flexibility index (Phi) is 2.83. The van der Waals surface area contributed by atoms with Gasteiger partial charge in [-0.3, -0.25) is 0 Å². The molecule has 0 saturated carbocycles. The van der Waals surface area contributed by atoms with Crippen LogP contribution in [-0.2, 0) is 6.42 Å². The molecule has 0 aliphatic heterocycles. The van der Waals surface area contributed by atoms with Gasteiger partial charge in [-0.15, -0.1) is 11.3 Å². The summed E-state index contributed by atoms with van der Waals surface area (Å²) in [5, 5.41) is 1.54. The minimum atomic E-state index is 0.378. The number of rotatable bonds is 1. The van der Waals surface area contributed by atoms with Crippen molar-refractivity contribution >= 4 is 28.1 Å². The zero-order valence-corrected chi connectivity index (χ0v) is 12.0. The van der Waals surface area contributed by atoms with Gasteiger partial charge in [-0.25, -0.2) is 4.98 Å². The Morgan fingerprint density at radius 3 is 2.89 bits per heavy atom. The fraction of sp³-hybridized carbons (Fsp3) is 0.357. The number of aromatic nitrogens is 1. The Labute approximate surface area is 116 Å². The van der Waals surface area contributed by atoms with Gasteiger partial charge in [0.2, 0.25) is 0 Å². The number of benzene rings is 1. The predicted molar refractivity (Wildman–Crippen MR) is 77.6 cm³/mol. The van der Waals surface area contributed by atoms with E-state index in [0.29, 0.717) is 11.0 Å². The lowest BCUT2D eigenvalue weighted by Gasteiger charge is -2.16. The van der Waals surface area contributed by atoms with Crippen molar-refractivity contribution < 1.29 is 0 Å². The van der Waals surface area contributed by atoms with Crippen LogP contribution in [0.2, 0.25) is 5.02 Å². The number of thiazole rings is 1. The molecule has 2 aromatic rings. The Bertz CT molecular complexity index is 595. The molecule has 1 aromatic heterocycles. The summed E-state index contributed by atoms with van der Waals surface area (Å²) in [6.45, 7) is 4.21. The zero-order valence-electron chi connectivity index (χ0n) is 10.5. The van der Waals surface area contributed by atoms with Crippen molar-refractivity contribution in [2.45, 2.75) is 32.6 Å². The summed E-state index contributed by atoms with van der Waals surface area (Å²) in [5.41, 5.74) is 10.7. The van der Waals surface area contributed by atoms with Crippen LogP contribution >= 0.6 is 22.9 Å². The first-order valence-corrected chi connectivity index (χ1v) is 7.27. The summed E-state index contributed by atoms with van der Waals surface area (Å²) in [5.74, 6) is 0.378. The number of hydrogen-bond acceptors (Lipinski definition) is 3. The first-order chi connectivity index (χ1) is 8.56. The van der Waals surface area contributed by atoms with Crippen LogP contribution in [0.15, 0.2) is 12.1 Å². The fourth-order valence-electron chi connectivity index (χ4n) is 2.89. The minimum Gasteiger partial charge on any atom is -0.375 e. The SMILES string of the molecule is Cc1cc(C)c(C2CCc3nc(N)sc32)c(Cl)c1. The fourth-order valence-corrected chi connectivity index (χ4v) is 4.37. The molecule has 2 nitrogen and oxygen atoms in total. The average molecular weight is 279 g/mol. The molecule has 2 N–H and O–H groups in total. The summed E-state index contributed by atoms with van der Waals surface area (Å²) >= 11 is 8.05. The average Bonchev–Trinajstić information content (AvgIpc) is 2.77. The van der Waals surface area contributed by atoms with Crippen molar-refractivity contribution in [1.82, 2.24) is 4.98 Å². The molecule has 0 spiro atoms. The van der Waals surface area contributed by atoms with Crippen LogP contribution in [0.3, 0.4) is 0 Å². The van der Waals surface area contributed by atoms with Gasteiger partial charge in [0.15, 0.2) is 5.13 Å². The maximum Gasteiger partial charge on any atom is 0.180 e. The normalized spacial score (nSPS) is 18.1. The van der Waals surface area contributed by atoms with Crippen LogP contribution < -0.4 is 5.73 Å². The van der Waals surface area contributed by atoms with E-state index in [1.165, 1.54) is 27.3 Å². The molecule has 1 unspecified atom stereocenters. The van der Waals surface area contributed by atoms with Crippen molar-refractivity contribution in [1.29, 1.82) is 0 Å². The molecule has 1 heterocycles. The molecule has 94 valence electrons. The molecule has 0 bridgehead atoms. The van der Waals surface area contributed by atoms with E-state index in [1.54, 1.807) is 11.3 Å². The van der Waals surface area contributed by atoms with Gasteiger partial charge in [-0.2, -0.15) is 0 Å². The molecule has 1 aliphatic carbocycles. The van der Waals surface area contributed by atoms with Crippen LogP contribution in [0, 0.1) is 13.8 Å². The molecule has 1 atom stereocenters. The van der Waals surface area contributed by atoms with Crippen LogP contribution in [0.1, 0.15) is 39.6 Å². The molecular formula is C14H15ClN2S. The second-order valence-corrected chi connectivity index (χ2v) is 6.40. The second kappa shape index (κ2) is 4.25. The van der Waals surface area contributed by atoms with Gasteiger partial charge in [-0.05, 0) is 49.4 Å². The smallest absolute Gasteiger partial charge is 0.180 e. The zero-order chi connectivity index (χ0) is 12.9. The van der Waals surface area contributed by atoms with E-state index in [4.69, 9.17) is 17.3 Å². The highest BCUT2D eigenvalue weighted by atomic mass is 35.5. The lowest BCUT2D eigenvalue weighted by atomic mass is 9.93. The predicted octanol–water partition coefficient (Wildman–Crippen LogP) is 4.07. The number of halogens is 1. The number of nitrogen functional groups attached to an aromatic ring is 1. The molecular weight excluding hydrogens is 264 g/mol. The maximum absolute atomic E-state index is 6.44. The van der Waals surface area contributed by atoms with Crippen molar-refractivity contribution in [3.8, 4) is 0 Å². The number of hydrogen-bond donors (Lipinski definition) is 1. The molecule has 0 amide bonds. The number of nitrogens with two attached hydrogens (primary N) is 1. The Morgan fingerprint density at radius 1 is 1.39 bits per heavy atom. The van der Waals surface area contributed by atoms with Gasteiger partial charge in [0.25, 0.3) is 0 Å². The monoisotopic (exact) mass is 278 g/mol. The molecule has 0 fully saturated rings. The van der Waals surface area contributed by atoms with E-state index >= 15 is 0 Å². The highest BCUT2D eigenvalue weighted by Gasteiger charge is 2.30. The minimum absolute atomic E-state index is 0.378. The molecule has 1 aliphatic rings. The Hall–Kier alpha value is -1.06. The first-order valence-electron chi connectivity index (χ1n) is 6.08. The highest BCUT2D eigenvalue weighted by molar-refractivity contribution is 7.15. The summed E-state index contributed by atoms with van der Waals surface area (Å²) in [7, 11) is 0.